The quantitative estimate of drug-likeness (QED) is 0.358. The first-order chi connectivity index (χ1) is 13.5. The first kappa shape index (κ1) is 21.3. The van der Waals surface area contributed by atoms with Gasteiger partial charge in [0.1, 0.15) is 6.61 Å². The van der Waals surface area contributed by atoms with E-state index in [0.29, 0.717) is 45.2 Å². The Bertz CT molecular complexity index is 883. The molecular formula is C20H21BrN2O5. The van der Waals surface area contributed by atoms with Gasteiger partial charge in [0, 0.05) is 5.56 Å². The van der Waals surface area contributed by atoms with E-state index in [1.165, 1.54) is 20.4 Å². The number of ether oxygens (including phenoxy) is 4. The Labute approximate surface area is 172 Å². The lowest BCUT2D eigenvalue weighted by atomic mass is 10.2. The minimum Gasteiger partial charge on any atom is -0.493 e. The number of methoxy groups -OCH3 is 3. The first-order valence-corrected chi connectivity index (χ1v) is 9.00. The largest absolute Gasteiger partial charge is 0.493 e. The van der Waals surface area contributed by atoms with Crippen LogP contribution in [0.4, 0.5) is 0 Å². The molecule has 148 valence electrons. The van der Waals surface area contributed by atoms with Crippen LogP contribution in [-0.4, -0.2) is 40.1 Å². The highest BCUT2D eigenvalue weighted by atomic mass is 79.9. The molecule has 1 N–H and O–H groups in total. The lowest BCUT2D eigenvalue weighted by Crippen LogP contribution is -2.17. The predicted molar refractivity (Wildman–Crippen MR) is 111 cm³/mol. The summed E-state index contributed by atoms with van der Waals surface area (Å²) < 4.78 is 22.0. The summed E-state index contributed by atoms with van der Waals surface area (Å²) in [6, 6.07) is 8.40. The number of carbonyl (C=O) groups is 1. The second-order valence-electron chi connectivity index (χ2n) is 5.40. The number of nitrogens with one attached hydrogen (secondary N) is 1. The predicted octanol–water partition coefficient (Wildman–Crippen LogP) is 3.80. The monoisotopic (exact) mass is 448 g/mol. The van der Waals surface area contributed by atoms with Crippen LogP contribution in [0, 0.1) is 0 Å². The normalized spacial score (nSPS) is 10.4. The molecule has 0 heterocycles. The van der Waals surface area contributed by atoms with Crippen LogP contribution in [-0.2, 0) is 0 Å². The Kier molecular flexibility index (Phi) is 7.88. The molecule has 7 nitrogen and oxygen atoms in total. The van der Waals surface area contributed by atoms with E-state index in [9.17, 15) is 4.79 Å². The van der Waals surface area contributed by atoms with Crippen molar-refractivity contribution in [3.8, 4) is 23.0 Å². The minimum absolute atomic E-state index is 0.351. The highest BCUT2D eigenvalue weighted by Crippen LogP contribution is 2.36. The van der Waals surface area contributed by atoms with Crippen LogP contribution in [0.5, 0.6) is 23.0 Å². The molecule has 2 rings (SSSR count). The molecule has 8 heteroatoms. The van der Waals surface area contributed by atoms with E-state index in [2.05, 4.69) is 33.0 Å². The number of benzene rings is 2. The van der Waals surface area contributed by atoms with Crippen molar-refractivity contribution in [3.05, 3.63) is 58.6 Å². The Balaban J connectivity index is 2.12. The van der Waals surface area contributed by atoms with E-state index < -0.39 is 0 Å². The van der Waals surface area contributed by atoms with Gasteiger partial charge < -0.3 is 18.9 Å². The number of rotatable bonds is 9. The van der Waals surface area contributed by atoms with Crippen LogP contribution in [0.3, 0.4) is 0 Å². The summed E-state index contributed by atoms with van der Waals surface area (Å²) in [5, 5.41) is 3.99. The number of hydrazone groups is 1. The first-order valence-electron chi connectivity index (χ1n) is 8.20. The molecule has 0 bridgehead atoms. The highest BCUT2D eigenvalue weighted by Gasteiger charge is 2.12. The standard InChI is InChI=1S/C20H21BrN2O5/c1-5-8-28-19-15(21)9-13(10-18(19)27-4)12-22-23-20(24)14-6-7-16(25-2)17(11-14)26-3/h5-7,9-12H,1,8H2,2-4H3,(H,23,24)/b22-12-. The molecule has 0 aliphatic rings. The van der Waals surface area contributed by atoms with Gasteiger partial charge in [0.2, 0.25) is 0 Å². The fraction of sp³-hybridized carbons (Fsp3) is 0.200. The number of hydrogen-bond donors (Lipinski definition) is 1. The van der Waals surface area contributed by atoms with Crippen LogP contribution in [0.2, 0.25) is 0 Å². The number of amides is 1. The molecule has 2 aromatic rings. The summed E-state index contributed by atoms with van der Waals surface area (Å²) in [6.45, 7) is 3.97. The molecule has 0 aliphatic heterocycles. The van der Waals surface area contributed by atoms with Crippen molar-refractivity contribution in [2.75, 3.05) is 27.9 Å². The molecule has 0 unspecified atom stereocenters. The van der Waals surface area contributed by atoms with Crippen molar-refractivity contribution in [2.45, 2.75) is 0 Å². The number of nitrogens with zero attached hydrogens (tertiary/aromatic N) is 1. The zero-order valence-electron chi connectivity index (χ0n) is 15.8. The zero-order valence-corrected chi connectivity index (χ0v) is 17.4. The van der Waals surface area contributed by atoms with E-state index in [1.807, 2.05) is 0 Å². The van der Waals surface area contributed by atoms with E-state index >= 15 is 0 Å². The van der Waals surface area contributed by atoms with Gasteiger partial charge in [-0.3, -0.25) is 4.79 Å². The van der Waals surface area contributed by atoms with Crippen molar-refractivity contribution in [1.82, 2.24) is 5.43 Å². The van der Waals surface area contributed by atoms with Gasteiger partial charge in [-0.15, -0.1) is 0 Å². The molecule has 2 aromatic carbocycles. The highest BCUT2D eigenvalue weighted by molar-refractivity contribution is 9.10. The van der Waals surface area contributed by atoms with Gasteiger partial charge in [0.15, 0.2) is 23.0 Å². The molecule has 0 radical (unpaired) electrons. The molecule has 0 fully saturated rings. The van der Waals surface area contributed by atoms with E-state index in [0.717, 1.165) is 0 Å². The van der Waals surface area contributed by atoms with Gasteiger partial charge in [0.05, 0.1) is 32.0 Å². The smallest absolute Gasteiger partial charge is 0.271 e. The molecule has 28 heavy (non-hydrogen) atoms. The third-order valence-corrected chi connectivity index (χ3v) is 4.21. The maximum atomic E-state index is 12.3. The topological polar surface area (TPSA) is 78.4 Å². The molecule has 0 aliphatic carbocycles. The van der Waals surface area contributed by atoms with Crippen molar-refractivity contribution >= 4 is 28.1 Å². The van der Waals surface area contributed by atoms with Gasteiger partial charge in [-0.2, -0.15) is 5.10 Å². The van der Waals surface area contributed by atoms with Crippen LogP contribution in [0.15, 0.2) is 52.6 Å². The summed E-state index contributed by atoms with van der Waals surface area (Å²) in [7, 11) is 4.58. The van der Waals surface area contributed by atoms with Crippen LogP contribution < -0.4 is 24.4 Å². The molecular weight excluding hydrogens is 428 g/mol. The molecule has 1 amide bonds. The van der Waals surface area contributed by atoms with Gasteiger partial charge >= 0.3 is 0 Å². The van der Waals surface area contributed by atoms with Gasteiger partial charge in [-0.25, -0.2) is 5.43 Å². The Morgan fingerprint density at radius 2 is 1.82 bits per heavy atom. The summed E-state index contributed by atoms with van der Waals surface area (Å²) >= 11 is 3.44. The minimum atomic E-state index is -0.380. The fourth-order valence-electron chi connectivity index (χ4n) is 2.30. The van der Waals surface area contributed by atoms with E-state index in [4.69, 9.17) is 18.9 Å². The maximum Gasteiger partial charge on any atom is 0.271 e. The summed E-state index contributed by atoms with van der Waals surface area (Å²) in [5.41, 5.74) is 3.58. The third-order valence-electron chi connectivity index (χ3n) is 3.62. The lowest BCUT2D eigenvalue weighted by molar-refractivity contribution is 0.0954. The zero-order chi connectivity index (χ0) is 20.5. The van der Waals surface area contributed by atoms with E-state index in [-0.39, 0.29) is 5.91 Å². The second-order valence-corrected chi connectivity index (χ2v) is 6.26. The van der Waals surface area contributed by atoms with Crippen molar-refractivity contribution in [2.24, 2.45) is 5.10 Å². The molecule has 0 aromatic heterocycles. The number of carbonyl (C=O) groups excluding carboxylic acids is 1. The molecule has 0 atom stereocenters. The van der Waals surface area contributed by atoms with Gasteiger partial charge in [0.25, 0.3) is 5.91 Å². The van der Waals surface area contributed by atoms with Crippen LogP contribution in [0.1, 0.15) is 15.9 Å². The Hall–Kier alpha value is -3.00. The fourth-order valence-corrected chi connectivity index (χ4v) is 2.88. The Morgan fingerprint density at radius 3 is 2.46 bits per heavy atom. The molecule has 0 saturated carbocycles. The van der Waals surface area contributed by atoms with Crippen molar-refractivity contribution in [1.29, 1.82) is 0 Å². The number of hydrogen-bond acceptors (Lipinski definition) is 6. The molecule has 0 saturated heterocycles. The van der Waals surface area contributed by atoms with E-state index in [1.54, 1.807) is 43.5 Å². The lowest BCUT2D eigenvalue weighted by Gasteiger charge is -2.12. The maximum absolute atomic E-state index is 12.3. The average Bonchev–Trinajstić information content (AvgIpc) is 2.71. The SMILES string of the molecule is C=CCOc1c(Br)cc(/C=N\NC(=O)c2ccc(OC)c(OC)c2)cc1OC. The van der Waals surface area contributed by atoms with Gasteiger partial charge in [-0.1, -0.05) is 12.7 Å². The van der Waals surface area contributed by atoms with Gasteiger partial charge in [-0.05, 0) is 51.8 Å². The van der Waals surface area contributed by atoms with Crippen molar-refractivity contribution < 1.29 is 23.7 Å². The summed E-state index contributed by atoms with van der Waals surface area (Å²) in [6.07, 6.45) is 3.15. The number of halogens is 1. The summed E-state index contributed by atoms with van der Waals surface area (Å²) in [5.74, 6) is 1.72. The second kappa shape index (κ2) is 10.4. The van der Waals surface area contributed by atoms with Crippen LogP contribution in [0.25, 0.3) is 0 Å². The Morgan fingerprint density at radius 1 is 1.11 bits per heavy atom. The average molecular weight is 449 g/mol. The van der Waals surface area contributed by atoms with Crippen molar-refractivity contribution in [3.63, 3.8) is 0 Å². The van der Waals surface area contributed by atoms with Crippen LogP contribution >= 0.6 is 15.9 Å². The third kappa shape index (κ3) is 5.26. The molecule has 0 spiro atoms. The summed E-state index contributed by atoms with van der Waals surface area (Å²) in [4.78, 5) is 12.3.